The Morgan fingerprint density at radius 1 is 1.42 bits per heavy atom. The lowest BCUT2D eigenvalue weighted by atomic mass is 10.0. The summed E-state index contributed by atoms with van der Waals surface area (Å²) in [5.41, 5.74) is 0.660. The van der Waals surface area contributed by atoms with Crippen LogP contribution in [0.1, 0.15) is 41.8 Å². The molecule has 1 amide bonds. The van der Waals surface area contributed by atoms with Crippen molar-refractivity contribution in [2.75, 3.05) is 19.6 Å². The van der Waals surface area contributed by atoms with Crippen molar-refractivity contribution in [1.29, 1.82) is 0 Å². The SMILES string of the molecule is CCc1nc(CCNC2CCN(C(=O)c3cccnc3)CC2)no1. The Hall–Kier alpha value is -2.28. The minimum absolute atomic E-state index is 0.0699. The molecule has 0 atom stereocenters. The van der Waals surface area contributed by atoms with Gasteiger partial charge in [0, 0.05) is 50.9 Å². The number of carbonyl (C=O) groups is 1. The summed E-state index contributed by atoms with van der Waals surface area (Å²) < 4.78 is 5.10. The Morgan fingerprint density at radius 3 is 2.92 bits per heavy atom. The zero-order valence-electron chi connectivity index (χ0n) is 13.9. The predicted octanol–water partition coefficient (Wildman–Crippen LogP) is 1.46. The van der Waals surface area contributed by atoms with Crippen LogP contribution in [-0.2, 0) is 12.8 Å². The molecule has 1 aliphatic heterocycles. The average molecular weight is 329 g/mol. The Kier molecular flexibility index (Phi) is 5.53. The van der Waals surface area contributed by atoms with E-state index in [2.05, 4.69) is 20.4 Å². The zero-order chi connectivity index (χ0) is 16.8. The van der Waals surface area contributed by atoms with Crippen LogP contribution in [0.2, 0.25) is 0 Å². The minimum Gasteiger partial charge on any atom is -0.339 e. The van der Waals surface area contributed by atoms with E-state index in [1.54, 1.807) is 18.5 Å². The minimum atomic E-state index is 0.0699. The molecule has 24 heavy (non-hydrogen) atoms. The Balaban J connectivity index is 1.40. The number of likely N-dealkylation sites (tertiary alicyclic amines) is 1. The summed E-state index contributed by atoms with van der Waals surface area (Å²) in [6, 6.07) is 4.04. The number of aryl methyl sites for hydroxylation is 1. The highest BCUT2D eigenvalue weighted by molar-refractivity contribution is 5.93. The normalized spacial score (nSPS) is 15.6. The summed E-state index contributed by atoms with van der Waals surface area (Å²) in [5.74, 6) is 1.51. The summed E-state index contributed by atoms with van der Waals surface area (Å²) in [7, 11) is 0. The van der Waals surface area contributed by atoms with Gasteiger partial charge in [0.1, 0.15) is 0 Å². The maximum Gasteiger partial charge on any atom is 0.255 e. The fourth-order valence-corrected chi connectivity index (χ4v) is 2.88. The fourth-order valence-electron chi connectivity index (χ4n) is 2.88. The topological polar surface area (TPSA) is 84.2 Å². The molecule has 0 bridgehead atoms. The molecule has 1 fully saturated rings. The number of amides is 1. The molecule has 0 aromatic carbocycles. The second kappa shape index (κ2) is 8.01. The van der Waals surface area contributed by atoms with E-state index in [1.807, 2.05) is 17.9 Å². The number of nitrogens with zero attached hydrogens (tertiary/aromatic N) is 4. The first-order valence-electron chi connectivity index (χ1n) is 8.50. The van der Waals surface area contributed by atoms with E-state index in [0.29, 0.717) is 17.5 Å². The molecule has 7 heteroatoms. The summed E-state index contributed by atoms with van der Waals surface area (Å²) in [4.78, 5) is 22.6. The smallest absolute Gasteiger partial charge is 0.255 e. The van der Waals surface area contributed by atoms with Gasteiger partial charge < -0.3 is 14.7 Å². The maximum absolute atomic E-state index is 12.4. The fraction of sp³-hybridized carbons (Fsp3) is 0.529. The highest BCUT2D eigenvalue weighted by atomic mass is 16.5. The van der Waals surface area contributed by atoms with E-state index in [-0.39, 0.29) is 5.91 Å². The Bertz CT molecular complexity index is 650. The zero-order valence-corrected chi connectivity index (χ0v) is 13.9. The van der Waals surface area contributed by atoms with Crippen molar-refractivity contribution in [1.82, 2.24) is 25.3 Å². The molecule has 0 saturated carbocycles. The highest BCUT2D eigenvalue weighted by Gasteiger charge is 2.23. The van der Waals surface area contributed by atoms with Gasteiger partial charge in [-0.1, -0.05) is 12.1 Å². The molecule has 7 nitrogen and oxygen atoms in total. The van der Waals surface area contributed by atoms with E-state index in [1.165, 1.54) is 0 Å². The van der Waals surface area contributed by atoms with Gasteiger partial charge in [-0.3, -0.25) is 9.78 Å². The first kappa shape index (κ1) is 16.6. The number of rotatable bonds is 6. The maximum atomic E-state index is 12.4. The second-order valence-electron chi connectivity index (χ2n) is 5.97. The van der Waals surface area contributed by atoms with Crippen molar-refractivity contribution >= 4 is 5.91 Å². The monoisotopic (exact) mass is 329 g/mol. The molecule has 0 unspecified atom stereocenters. The van der Waals surface area contributed by atoms with Crippen molar-refractivity contribution in [3.05, 3.63) is 41.8 Å². The first-order chi connectivity index (χ1) is 11.8. The third kappa shape index (κ3) is 4.17. The quantitative estimate of drug-likeness (QED) is 0.864. The van der Waals surface area contributed by atoms with Crippen LogP contribution in [0.25, 0.3) is 0 Å². The van der Waals surface area contributed by atoms with Crippen LogP contribution in [0.3, 0.4) is 0 Å². The summed E-state index contributed by atoms with van der Waals surface area (Å²) in [5, 5.41) is 7.48. The summed E-state index contributed by atoms with van der Waals surface area (Å²) in [6.07, 6.45) is 6.75. The van der Waals surface area contributed by atoms with E-state index in [4.69, 9.17) is 4.52 Å². The summed E-state index contributed by atoms with van der Waals surface area (Å²) in [6.45, 7) is 4.36. The van der Waals surface area contributed by atoms with Crippen molar-refractivity contribution in [3.8, 4) is 0 Å². The lowest BCUT2D eigenvalue weighted by Gasteiger charge is -2.32. The number of hydrogen-bond acceptors (Lipinski definition) is 6. The van der Waals surface area contributed by atoms with E-state index in [0.717, 1.165) is 51.1 Å². The van der Waals surface area contributed by atoms with Crippen LogP contribution < -0.4 is 5.32 Å². The number of hydrogen-bond donors (Lipinski definition) is 1. The van der Waals surface area contributed by atoms with Crippen molar-refractivity contribution in [2.24, 2.45) is 0 Å². The standard InChI is InChI=1S/C17H23N5O2/c1-2-16-20-15(21-24-16)5-9-19-14-6-10-22(11-7-14)17(23)13-4-3-8-18-12-13/h3-4,8,12,14,19H,2,5-7,9-11H2,1H3. The molecule has 0 spiro atoms. The van der Waals surface area contributed by atoms with Gasteiger partial charge in [0.25, 0.3) is 5.91 Å². The third-order valence-corrected chi connectivity index (χ3v) is 4.28. The molecule has 3 rings (SSSR count). The second-order valence-corrected chi connectivity index (χ2v) is 5.97. The van der Waals surface area contributed by atoms with Crippen LogP contribution in [0.4, 0.5) is 0 Å². The van der Waals surface area contributed by atoms with Gasteiger partial charge in [-0.05, 0) is 25.0 Å². The van der Waals surface area contributed by atoms with Gasteiger partial charge >= 0.3 is 0 Å². The molecule has 3 heterocycles. The van der Waals surface area contributed by atoms with Crippen LogP contribution in [0, 0.1) is 0 Å². The van der Waals surface area contributed by atoms with Gasteiger partial charge in [-0.2, -0.15) is 4.98 Å². The van der Waals surface area contributed by atoms with Crippen molar-refractivity contribution in [3.63, 3.8) is 0 Å². The van der Waals surface area contributed by atoms with Crippen LogP contribution >= 0.6 is 0 Å². The lowest BCUT2D eigenvalue weighted by Crippen LogP contribution is -2.45. The number of carbonyl (C=O) groups excluding carboxylic acids is 1. The van der Waals surface area contributed by atoms with Crippen LogP contribution in [0.5, 0.6) is 0 Å². The number of piperidine rings is 1. The molecule has 1 saturated heterocycles. The van der Waals surface area contributed by atoms with Crippen LogP contribution in [-0.4, -0.2) is 51.6 Å². The third-order valence-electron chi connectivity index (χ3n) is 4.28. The van der Waals surface area contributed by atoms with Gasteiger partial charge in [-0.25, -0.2) is 0 Å². The van der Waals surface area contributed by atoms with Gasteiger partial charge in [0.2, 0.25) is 5.89 Å². The molecule has 0 radical (unpaired) electrons. The lowest BCUT2D eigenvalue weighted by molar-refractivity contribution is 0.0705. The predicted molar refractivity (Wildman–Crippen MR) is 88.5 cm³/mol. The molecule has 1 N–H and O–H groups in total. The summed E-state index contributed by atoms with van der Waals surface area (Å²) >= 11 is 0. The first-order valence-corrected chi connectivity index (χ1v) is 8.50. The van der Waals surface area contributed by atoms with Crippen molar-refractivity contribution in [2.45, 2.75) is 38.6 Å². The van der Waals surface area contributed by atoms with Gasteiger partial charge in [0.15, 0.2) is 5.82 Å². The largest absolute Gasteiger partial charge is 0.339 e. The van der Waals surface area contributed by atoms with Gasteiger partial charge in [-0.15, -0.1) is 0 Å². The number of nitrogens with one attached hydrogen (secondary N) is 1. The Morgan fingerprint density at radius 2 is 2.25 bits per heavy atom. The number of pyridine rings is 1. The Labute approximate surface area is 141 Å². The molecule has 1 aliphatic rings. The van der Waals surface area contributed by atoms with Crippen LogP contribution in [0.15, 0.2) is 29.0 Å². The molecule has 2 aromatic heterocycles. The molecular weight excluding hydrogens is 306 g/mol. The van der Waals surface area contributed by atoms with E-state index < -0.39 is 0 Å². The average Bonchev–Trinajstić information content (AvgIpc) is 3.10. The number of aromatic nitrogens is 3. The highest BCUT2D eigenvalue weighted by Crippen LogP contribution is 2.13. The molecular formula is C17H23N5O2. The molecule has 0 aliphatic carbocycles. The van der Waals surface area contributed by atoms with E-state index in [9.17, 15) is 4.79 Å². The van der Waals surface area contributed by atoms with Gasteiger partial charge in [0.05, 0.1) is 5.56 Å². The van der Waals surface area contributed by atoms with Crippen molar-refractivity contribution < 1.29 is 9.32 Å². The molecule has 128 valence electrons. The molecule has 2 aromatic rings. The van der Waals surface area contributed by atoms with E-state index >= 15 is 0 Å².